The second kappa shape index (κ2) is 5.03. The smallest absolute Gasteiger partial charge is 0.143 e. The van der Waals surface area contributed by atoms with E-state index in [9.17, 15) is 8.78 Å². The molecule has 0 amide bonds. The van der Waals surface area contributed by atoms with Gasteiger partial charge in [0.15, 0.2) is 0 Å². The monoisotopic (exact) mass is 264 g/mol. The Morgan fingerprint density at radius 3 is 2.28 bits per heavy atom. The Balaban J connectivity index is 2.26. The summed E-state index contributed by atoms with van der Waals surface area (Å²) < 4.78 is 26.3. The lowest BCUT2D eigenvalue weighted by Crippen LogP contribution is -1.93. The van der Waals surface area contributed by atoms with Gasteiger partial charge in [0.25, 0.3) is 0 Å². The zero-order valence-corrected chi connectivity index (χ0v) is 9.80. The zero-order chi connectivity index (χ0) is 13.1. The van der Waals surface area contributed by atoms with Crippen LogP contribution in [0.1, 0.15) is 5.56 Å². The first-order valence-corrected chi connectivity index (χ1v) is 5.39. The van der Waals surface area contributed by atoms with Crippen molar-refractivity contribution in [2.24, 2.45) is 0 Å². The molecule has 0 fully saturated rings. The molecule has 5 heteroatoms. The van der Waals surface area contributed by atoms with Crippen LogP contribution < -0.4 is 5.32 Å². The minimum Gasteiger partial charge on any atom is -0.355 e. The van der Waals surface area contributed by atoms with E-state index in [4.69, 9.17) is 16.9 Å². The molecule has 2 nitrogen and oxygen atoms in total. The van der Waals surface area contributed by atoms with Crippen molar-refractivity contribution in [2.45, 2.75) is 0 Å². The van der Waals surface area contributed by atoms with Crippen molar-refractivity contribution in [3.63, 3.8) is 0 Å². The lowest BCUT2D eigenvalue weighted by Gasteiger charge is -2.07. The van der Waals surface area contributed by atoms with Gasteiger partial charge in [-0.3, -0.25) is 0 Å². The molecule has 0 aromatic heterocycles. The van der Waals surface area contributed by atoms with Gasteiger partial charge in [-0.2, -0.15) is 5.26 Å². The predicted octanol–water partition coefficient (Wildman–Crippen LogP) is 4.23. The molecule has 0 radical (unpaired) electrons. The molecular formula is C13H7ClF2N2. The Hall–Kier alpha value is -2.12. The van der Waals surface area contributed by atoms with Gasteiger partial charge in [0, 0.05) is 11.4 Å². The van der Waals surface area contributed by atoms with E-state index >= 15 is 0 Å². The van der Waals surface area contributed by atoms with Crippen LogP contribution in [-0.2, 0) is 0 Å². The first-order chi connectivity index (χ1) is 8.60. The molecule has 0 aliphatic carbocycles. The Morgan fingerprint density at radius 2 is 1.67 bits per heavy atom. The molecule has 0 saturated carbocycles. The van der Waals surface area contributed by atoms with Gasteiger partial charge in [-0.15, -0.1) is 0 Å². The Labute approximate surface area is 107 Å². The van der Waals surface area contributed by atoms with Gasteiger partial charge in [-0.1, -0.05) is 11.6 Å². The summed E-state index contributed by atoms with van der Waals surface area (Å²) in [5.41, 5.74) is 0.956. The van der Waals surface area contributed by atoms with Crippen LogP contribution >= 0.6 is 11.6 Å². The number of benzene rings is 2. The maximum atomic E-state index is 13.3. The molecule has 0 unspecified atom stereocenters. The summed E-state index contributed by atoms with van der Waals surface area (Å²) >= 11 is 5.63. The van der Waals surface area contributed by atoms with Crippen LogP contribution in [0.15, 0.2) is 36.4 Å². The molecule has 0 bridgehead atoms. The highest BCUT2D eigenvalue weighted by Gasteiger charge is 2.04. The van der Waals surface area contributed by atoms with Crippen molar-refractivity contribution in [1.82, 2.24) is 0 Å². The van der Waals surface area contributed by atoms with Gasteiger partial charge >= 0.3 is 0 Å². The molecule has 18 heavy (non-hydrogen) atoms. The van der Waals surface area contributed by atoms with Gasteiger partial charge < -0.3 is 5.32 Å². The molecule has 0 aliphatic heterocycles. The fourth-order valence-corrected chi connectivity index (χ4v) is 1.60. The summed E-state index contributed by atoms with van der Waals surface area (Å²) in [5, 5.41) is 11.4. The lowest BCUT2D eigenvalue weighted by atomic mass is 10.2. The SMILES string of the molecule is N#Cc1ccc(Nc2ccc(F)c(Cl)c2)cc1F. The predicted molar refractivity (Wildman–Crippen MR) is 65.8 cm³/mol. The van der Waals surface area contributed by atoms with E-state index in [0.717, 1.165) is 0 Å². The van der Waals surface area contributed by atoms with E-state index in [2.05, 4.69) is 5.32 Å². The van der Waals surface area contributed by atoms with Gasteiger partial charge in [-0.05, 0) is 36.4 Å². The molecule has 0 saturated heterocycles. The van der Waals surface area contributed by atoms with Crippen LogP contribution in [-0.4, -0.2) is 0 Å². The third kappa shape index (κ3) is 2.58. The third-order valence-electron chi connectivity index (χ3n) is 2.30. The fourth-order valence-electron chi connectivity index (χ4n) is 1.42. The molecule has 90 valence electrons. The number of anilines is 2. The van der Waals surface area contributed by atoms with Crippen LogP contribution in [0.4, 0.5) is 20.2 Å². The summed E-state index contributed by atoms with van der Waals surface area (Å²) in [6.45, 7) is 0. The summed E-state index contributed by atoms with van der Waals surface area (Å²) in [4.78, 5) is 0. The van der Waals surface area contributed by atoms with Crippen LogP contribution in [0.2, 0.25) is 5.02 Å². The van der Waals surface area contributed by atoms with Crippen molar-refractivity contribution in [2.75, 3.05) is 5.32 Å². The van der Waals surface area contributed by atoms with Crippen molar-refractivity contribution in [3.8, 4) is 6.07 Å². The third-order valence-corrected chi connectivity index (χ3v) is 2.59. The van der Waals surface area contributed by atoms with E-state index in [1.807, 2.05) is 0 Å². The highest BCUT2D eigenvalue weighted by Crippen LogP contribution is 2.23. The quantitative estimate of drug-likeness (QED) is 0.881. The number of nitriles is 1. The van der Waals surface area contributed by atoms with E-state index < -0.39 is 11.6 Å². The van der Waals surface area contributed by atoms with Crippen LogP contribution in [0, 0.1) is 23.0 Å². The van der Waals surface area contributed by atoms with Crippen LogP contribution in [0.3, 0.4) is 0 Å². The van der Waals surface area contributed by atoms with Gasteiger partial charge in [0.2, 0.25) is 0 Å². The summed E-state index contributed by atoms with van der Waals surface area (Å²) in [7, 11) is 0. The van der Waals surface area contributed by atoms with Gasteiger partial charge in [0.05, 0.1) is 10.6 Å². The van der Waals surface area contributed by atoms with Crippen molar-refractivity contribution in [3.05, 3.63) is 58.6 Å². The standard InChI is InChI=1S/C13H7ClF2N2/c14-11-5-9(3-4-12(11)15)18-10-2-1-8(7-17)13(16)6-10/h1-6,18H. The minimum absolute atomic E-state index is 0.0193. The fraction of sp³-hybridized carbons (Fsp3) is 0. The molecular weight excluding hydrogens is 258 g/mol. The molecule has 0 heterocycles. The van der Waals surface area contributed by atoms with E-state index in [1.54, 1.807) is 12.1 Å². The summed E-state index contributed by atoms with van der Waals surface area (Å²) in [6, 6.07) is 9.93. The van der Waals surface area contributed by atoms with Crippen molar-refractivity contribution < 1.29 is 8.78 Å². The van der Waals surface area contributed by atoms with Crippen molar-refractivity contribution in [1.29, 1.82) is 5.26 Å². The molecule has 0 atom stereocenters. The maximum absolute atomic E-state index is 13.3. The second-order valence-corrected chi connectivity index (χ2v) is 3.97. The number of hydrogen-bond acceptors (Lipinski definition) is 2. The molecule has 2 rings (SSSR count). The average molecular weight is 265 g/mol. The molecule has 2 aromatic carbocycles. The van der Waals surface area contributed by atoms with E-state index in [1.165, 1.54) is 30.3 Å². The molecule has 2 aromatic rings. The van der Waals surface area contributed by atoms with E-state index in [0.29, 0.717) is 11.4 Å². The second-order valence-electron chi connectivity index (χ2n) is 3.56. The number of rotatable bonds is 2. The van der Waals surface area contributed by atoms with Gasteiger partial charge in [-0.25, -0.2) is 8.78 Å². The van der Waals surface area contributed by atoms with Crippen LogP contribution in [0.25, 0.3) is 0 Å². The zero-order valence-electron chi connectivity index (χ0n) is 9.05. The Kier molecular flexibility index (Phi) is 3.45. The molecule has 0 spiro atoms. The Bertz CT molecular complexity index is 635. The molecule has 1 N–H and O–H groups in total. The largest absolute Gasteiger partial charge is 0.355 e. The van der Waals surface area contributed by atoms with E-state index in [-0.39, 0.29) is 10.6 Å². The number of nitrogens with zero attached hydrogens (tertiary/aromatic N) is 1. The first-order valence-electron chi connectivity index (χ1n) is 5.02. The average Bonchev–Trinajstić information content (AvgIpc) is 2.34. The topological polar surface area (TPSA) is 35.8 Å². The Morgan fingerprint density at radius 1 is 1.00 bits per heavy atom. The highest BCUT2D eigenvalue weighted by molar-refractivity contribution is 6.31. The normalized spacial score (nSPS) is 9.89. The van der Waals surface area contributed by atoms with Crippen molar-refractivity contribution >= 4 is 23.0 Å². The van der Waals surface area contributed by atoms with Crippen LogP contribution in [0.5, 0.6) is 0 Å². The lowest BCUT2D eigenvalue weighted by molar-refractivity contribution is 0.624. The minimum atomic E-state index is -0.615. The summed E-state index contributed by atoms with van der Waals surface area (Å²) in [5.74, 6) is -1.14. The number of halogens is 3. The highest BCUT2D eigenvalue weighted by atomic mass is 35.5. The molecule has 0 aliphatic rings. The first kappa shape index (κ1) is 12.3. The van der Waals surface area contributed by atoms with Gasteiger partial charge in [0.1, 0.15) is 17.7 Å². The summed E-state index contributed by atoms with van der Waals surface area (Å²) in [6.07, 6.45) is 0. The number of hydrogen-bond donors (Lipinski definition) is 1. The number of nitrogens with one attached hydrogen (secondary N) is 1. The maximum Gasteiger partial charge on any atom is 0.143 e.